The molecule has 1 rings (SSSR count). The normalized spacial score (nSPS) is 13.9. The van der Waals surface area contributed by atoms with Gasteiger partial charge in [0.2, 0.25) is 0 Å². The first-order chi connectivity index (χ1) is 10.7. The Labute approximate surface area is 132 Å². The molecule has 0 radical (unpaired) electrons. The fourth-order valence-electron chi connectivity index (χ4n) is 1.16. The van der Waals surface area contributed by atoms with Crippen molar-refractivity contribution in [1.29, 1.82) is 0 Å². The molecule has 0 saturated heterocycles. The molecule has 0 unspecified atom stereocenters. The largest absolute Gasteiger partial charge is 0.523 e. The Morgan fingerprint density at radius 2 is 0.917 bits per heavy atom. The predicted octanol–water partition coefficient (Wildman–Crippen LogP) is 2.42. The first-order valence-corrected chi connectivity index (χ1v) is 8.46. The summed E-state index contributed by atoms with van der Waals surface area (Å²) in [7, 11) is -11.6. The van der Waals surface area contributed by atoms with Crippen molar-refractivity contribution in [2.24, 2.45) is 0 Å². The zero-order valence-electron chi connectivity index (χ0n) is 11.3. The fourth-order valence-corrected chi connectivity index (χ4v) is 2.01. The van der Waals surface area contributed by atoms with Gasteiger partial charge in [0.05, 0.1) is 13.2 Å². The van der Waals surface area contributed by atoms with Crippen LogP contribution >= 0.6 is 0 Å². The van der Waals surface area contributed by atoms with Crippen molar-refractivity contribution in [1.82, 2.24) is 0 Å². The van der Waals surface area contributed by atoms with Crippen LogP contribution in [0, 0.1) is 0 Å². The lowest BCUT2D eigenvalue weighted by atomic mass is 10.1. The third-order valence-corrected chi connectivity index (χ3v) is 4.34. The summed E-state index contributed by atoms with van der Waals surface area (Å²) in [6, 6.07) is 4.13. The van der Waals surface area contributed by atoms with Crippen molar-refractivity contribution in [2.75, 3.05) is 0 Å². The lowest BCUT2D eigenvalue weighted by molar-refractivity contribution is -0.0552. The van der Waals surface area contributed by atoms with Gasteiger partial charge in [-0.15, -0.1) is 0 Å². The van der Waals surface area contributed by atoms with E-state index in [0.717, 1.165) is 24.3 Å². The highest BCUT2D eigenvalue weighted by molar-refractivity contribution is 7.87. The molecule has 14 heteroatoms. The molecule has 0 fully saturated rings. The third kappa shape index (κ3) is 5.32. The fraction of sp³-hybridized carbons (Fsp3) is 0.400. The van der Waals surface area contributed by atoms with Crippen LogP contribution in [0.3, 0.4) is 0 Å². The van der Waals surface area contributed by atoms with Crippen molar-refractivity contribution < 1.29 is 51.5 Å². The van der Waals surface area contributed by atoms with E-state index in [4.69, 9.17) is 0 Å². The molecule has 0 heterocycles. The molecule has 1 aromatic rings. The molecule has 0 aliphatic carbocycles. The monoisotopic (exact) mass is 402 g/mol. The molecular formula is C10H8F6O6S2. The van der Waals surface area contributed by atoms with Gasteiger partial charge in [-0.2, -0.15) is 43.2 Å². The number of benzene rings is 1. The van der Waals surface area contributed by atoms with E-state index in [1.807, 2.05) is 0 Å². The van der Waals surface area contributed by atoms with Gasteiger partial charge in [0.15, 0.2) is 0 Å². The second-order valence-electron chi connectivity index (χ2n) is 4.14. The molecule has 0 aliphatic heterocycles. The molecule has 0 N–H and O–H groups in total. The van der Waals surface area contributed by atoms with Crippen LogP contribution in [0.1, 0.15) is 11.1 Å². The van der Waals surface area contributed by atoms with Gasteiger partial charge in [0.25, 0.3) is 0 Å². The molecule has 0 aliphatic rings. The molecule has 24 heavy (non-hydrogen) atoms. The van der Waals surface area contributed by atoms with Crippen molar-refractivity contribution in [3.05, 3.63) is 35.4 Å². The average molecular weight is 402 g/mol. The first kappa shape index (κ1) is 20.7. The summed E-state index contributed by atoms with van der Waals surface area (Å²) in [5, 5.41) is 0. The molecule has 0 saturated carbocycles. The molecule has 0 aromatic heterocycles. The molecule has 6 nitrogen and oxygen atoms in total. The smallest absolute Gasteiger partial charge is 0.258 e. The molecule has 138 valence electrons. The Bertz CT molecular complexity index is 697. The highest BCUT2D eigenvalue weighted by Crippen LogP contribution is 2.26. The molecule has 0 bridgehead atoms. The Kier molecular flexibility index (Phi) is 5.90. The van der Waals surface area contributed by atoms with E-state index in [1.165, 1.54) is 0 Å². The number of hydrogen-bond acceptors (Lipinski definition) is 6. The molecule has 0 amide bonds. The van der Waals surface area contributed by atoms with Gasteiger partial charge >= 0.3 is 31.3 Å². The van der Waals surface area contributed by atoms with Crippen LogP contribution in [0.25, 0.3) is 0 Å². The summed E-state index contributed by atoms with van der Waals surface area (Å²) in [4.78, 5) is 0. The van der Waals surface area contributed by atoms with Crippen molar-refractivity contribution >= 4 is 20.2 Å². The van der Waals surface area contributed by atoms with Gasteiger partial charge < -0.3 is 0 Å². The molecule has 0 atom stereocenters. The Balaban J connectivity index is 2.68. The maximum absolute atomic E-state index is 12.0. The SMILES string of the molecule is O=S(=O)(OCc1ccc(COS(=O)(=O)C(F)(F)F)cc1)C(F)(F)F. The zero-order valence-corrected chi connectivity index (χ0v) is 12.9. The molecular weight excluding hydrogens is 394 g/mol. The maximum atomic E-state index is 12.0. The molecule has 1 aromatic carbocycles. The minimum atomic E-state index is -5.78. The van der Waals surface area contributed by atoms with E-state index in [1.54, 1.807) is 0 Å². The Morgan fingerprint density at radius 3 is 1.12 bits per heavy atom. The minimum Gasteiger partial charge on any atom is -0.258 e. The van der Waals surface area contributed by atoms with Gasteiger partial charge in [0.1, 0.15) is 0 Å². The van der Waals surface area contributed by atoms with Crippen molar-refractivity contribution in [3.63, 3.8) is 0 Å². The number of rotatable bonds is 6. The standard InChI is InChI=1S/C10H8F6O6S2/c11-9(12,13)23(17,18)21-5-7-1-2-8(4-3-7)6-22-24(19,20)10(14,15)16/h1-4H,5-6H2. The van der Waals surface area contributed by atoms with E-state index >= 15 is 0 Å². The number of hydrogen-bond donors (Lipinski definition) is 0. The van der Waals surface area contributed by atoms with Gasteiger partial charge in [-0.05, 0) is 11.1 Å². The lowest BCUT2D eigenvalue weighted by Gasteiger charge is -2.10. The van der Waals surface area contributed by atoms with Crippen LogP contribution in [0.4, 0.5) is 26.3 Å². The van der Waals surface area contributed by atoms with Crippen LogP contribution in [0.2, 0.25) is 0 Å². The van der Waals surface area contributed by atoms with Gasteiger partial charge in [0, 0.05) is 0 Å². The van der Waals surface area contributed by atoms with Crippen molar-refractivity contribution in [3.8, 4) is 0 Å². The van der Waals surface area contributed by atoms with E-state index in [2.05, 4.69) is 8.37 Å². The summed E-state index contributed by atoms with van der Waals surface area (Å²) in [6.45, 7) is -1.94. The van der Waals surface area contributed by atoms with Crippen LogP contribution in [0.15, 0.2) is 24.3 Å². The van der Waals surface area contributed by atoms with Crippen LogP contribution < -0.4 is 0 Å². The van der Waals surface area contributed by atoms with Gasteiger partial charge in [-0.1, -0.05) is 24.3 Å². The number of halogens is 6. The average Bonchev–Trinajstić information content (AvgIpc) is 2.41. The third-order valence-electron chi connectivity index (χ3n) is 2.35. The second-order valence-corrected chi connectivity index (χ2v) is 7.35. The van der Waals surface area contributed by atoms with Crippen LogP contribution in [-0.2, 0) is 41.8 Å². The van der Waals surface area contributed by atoms with Crippen LogP contribution in [0.5, 0.6) is 0 Å². The van der Waals surface area contributed by atoms with E-state index < -0.39 is 44.5 Å². The second kappa shape index (κ2) is 6.85. The van der Waals surface area contributed by atoms with Gasteiger partial charge in [-0.25, -0.2) is 0 Å². The minimum absolute atomic E-state index is 0.0507. The summed E-state index contributed by atoms with van der Waals surface area (Å²) in [5.74, 6) is 0. The lowest BCUT2D eigenvalue weighted by Crippen LogP contribution is -2.25. The summed E-state index contributed by atoms with van der Waals surface area (Å²) in [5.41, 5.74) is -11.3. The Hall–Kier alpha value is -1.38. The number of alkyl halides is 6. The van der Waals surface area contributed by atoms with Crippen LogP contribution in [-0.4, -0.2) is 27.9 Å². The highest BCUT2D eigenvalue weighted by atomic mass is 32.2. The first-order valence-electron chi connectivity index (χ1n) is 5.65. The topological polar surface area (TPSA) is 86.7 Å². The maximum Gasteiger partial charge on any atom is 0.523 e. The Morgan fingerprint density at radius 1 is 0.667 bits per heavy atom. The molecule has 0 spiro atoms. The summed E-state index contributed by atoms with van der Waals surface area (Å²) >= 11 is 0. The summed E-state index contributed by atoms with van der Waals surface area (Å²) in [6.07, 6.45) is 0. The quantitative estimate of drug-likeness (QED) is 0.413. The van der Waals surface area contributed by atoms with E-state index in [9.17, 15) is 43.2 Å². The summed E-state index contributed by atoms with van der Waals surface area (Å²) < 4.78 is 122. The zero-order chi connectivity index (χ0) is 18.8. The highest BCUT2D eigenvalue weighted by Gasteiger charge is 2.48. The van der Waals surface area contributed by atoms with Gasteiger partial charge in [-0.3, -0.25) is 8.37 Å². The van der Waals surface area contributed by atoms with Crippen molar-refractivity contribution in [2.45, 2.75) is 24.2 Å². The predicted molar refractivity (Wildman–Crippen MR) is 66.0 cm³/mol. The van der Waals surface area contributed by atoms with E-state index in [-0.39, 0.29) is 11.1 Å². The van der Waals surface area contributed by atoms with E-state index in [0.29, 0.717) is 0 Å².